The molecule has 0 heterocycles. The van der Waals surface area contributed by atoms with Gasteiger partial charge in [-0.15, -0.1) is 0 Å². The van der Waals surface area contributed by atoms with Gasteiger partial charge in [-0.3, -0.25) is 0 Å². The molecule has 0 unspecified atom stereocenters. The fourth-order valence-electron chi connectivity index (χ4n) is 0.814. The minimum atomic E-state index is -0.299. The van der Waals surface area contributed by atoms with E-state index in [1.54, 1.807) is 6.26 Å². The summed E-state index contributed by atoms with van der Waals surface area (Å²) in [7, 11) is 0. The van der Waals surface area contributed by atoms with Crippen molar-refractivity contribution in [3.8, 4) is 11.8 Å². The molecule has 0 saturated carbocycles. The van der Waals surface area contributed by atoms with Crippen molar-refractivity contribution in [2.45, 2.75) is 0 Å². The van der Waals surface area contributed by atoms with Gasteiger partial charge in [-0.25, -0.2) is 4.79 Å². The second-order valence-electron chi connectivity index (χ2n) is 2.41. The van der Waals surface area contributed by atoms with E-state index in [0.717, 1.165) is 17.3 Å². The fourth-order valence-corrected chi connectivity index (χ4v) is 0.990. The number of benzene rings is 1. The second-order valence-corrected chi connectivity index (χ2v) is 3.15. The van der Waals surface area contributed by atoms with Crippen LogP contribution in [0.4, 0.5) is 4.79 Å². The summed E-state index contributed by atoms with van der Waals surface area (Å²) in [6, 6.07) is 9.57. The van der Waals surface area contributed by atoms with Gasteiger partial charge < -0.3 is 4.74 Å². The Kier molecular flexibility index (Phi) is 4.66. The van der Waals surface area contributed by atoms with Crippen molar-refractivity contribution >= 4 is 17.1 Å². The summed E-state index contributed by atoms with van der Waals surface area (Å²) < 4.78 is 4.76. The zero-order valence-corrected chi connectivity index (χ0v) is 8.64. The first kappa shape index (κ1) is 10.7. The van der Waals surface area contributed by atoms with Gasteiger partial charge in [-0.1, -0.05) is 30.0 Å². The Morgan fingerprint density at radius 1 is 1.43 bits per heavy atom. The number of hydrogen-bond acceptors (Lipinski definition) is 3. The molecule has 0 aliphatic heterocycles. The molecule has 0 N–H and O–H groups in total. The van der Waals surface area contributed by atoms with Crippen LogP contribution < -0.4 is 0 Å². The van der Waals surface area contributed by atoms with Crippen molar-refractivity contribution in [3.63, 3.8) is 0 Å². The molecule has 2 nitrogen and oxygen atoms in total. The Morgan fingerprint density at radius 2 is 2.14 bits per heavy atom. The van der Waals surface area contributed by atoms with Crippen LogP contribution in [0.1, 0.15) is 5.56 Å². The molecule has 0 radical (unpaired) electrons. The summed E-state index contributed by atoms with van der Waals surface area (Å²) in [4.78, 5) is 10.7. The van der Waals surface area contributed by atoms with Crippen LogP contribution in [0.2, 0.25) is 0 Å². The SMILES string of the molecule is CSC(=O)OCC#Cc1ccccc1. The van der Waals surface area contributed by atoms with E-state index >= 15 is 0 Å². The molecule has 72 valence electrons. The van der Waals surface area contributed by atoms with Gasteiger partial charge in [-0.05, 0) is 30.2 Å². The molecule has 3 heteroatoms. The van der Waals surface area contributed by atoms with Gasteiger partial charge in [0.1, 0.15) is 0 Å². The third-order valence-corrected chi connectivity index (χ3v) is 1.89. The predicted molar refractivity (Wildman–Crippen MR) is 58.2 cm³/mol. The second kappa shape index (κ2) is 6.11. The fraction of sp³-hybridized carbons (Fsp3) is 0.182. The van der Waals surface area contributed by atoms with Gasteiger partial charge in [0.05, 0.1) is 0 Å². The highest BCUT2D eigenvalue weighted by Gasteiger charge is 1.94. The summed E-state index contributed by atoms with van der Waals surface area (Å²) in [6.45, 7) is 0.147. The summed E-state index contributed by atoms with van der Waals surface area (Å²) in [5.74, 6) is 5.65. The molecule has 1 aromatic rings. The largest absolute Gasteiger partial charge is 0.444 e. The molecule has 14 heavy (non-hydrogen) atoms. The first-order valence-corrected chi connectivity index (χ1v) is 5.30. The summed E-state index contributed by atoms with van der Waals surface area (Å²) in [5, 5.41) is -0.299. The van der Waals surface area contributed by atoms with Crippen LogP contribution in [0.5, 0.6) is 0 Å². The third-order valence-electron chi connectivity index (χ3n) is 1.44. The third kappa shape index (κ3) is 4.01. The van der Waals surface area contributed by atoms with Crippen LogP contribution in [0, 0.1) is 11.8 Å². The Hall–Kier alpha value is -1.40. The van der Waals surface area contributed by atoms with E-state index in [9.17, 15) is 4.79 Å². The van der Waals surface area contributed by atoms with Crippen LogP contribution in [-0.2, 0) is 4.74 Å². The average Bonchev–Trinajstić information content (AvgIpc) is 2.25. The average molecular weight is 206 g/mol. The zero-order chi connectivity index (χ0) is 10.2. The summed E-state index contributed by atoms with van der Waals surface area (Å²) >= 11 is 1.04. The molecule has 0 amide bonds. The predicted octanol–water partition coefficient (Wildman–Crippen LogP) is 2.54. The standard InChI is InChI=1S/C11H10O2S/c1-14-11(12)13-9-5-8-10-6-3-2-4-7-10/h2-4,6-7H,9H2,1H3. The number of carbonyl (C=O) groups is 1. The molecule has 0 aliphatic carbocycles. The topological polar surface area (TPSA) is 26.3 Å². The van der Waals surface area contributed by atoms with Crippen LogP contribution in [0.25, 0.3) is 0 Å². The van der Waals surface area contributed by atoms with E-state index in [-0.39, 0.29) is 11.9 Å². The number of hydrogen-bond donors (Lipinski definition) is 0. The van der Waals surface area contributed by atoms with E-state index in [1.165, 1.54) is 0 Å². The molecular formula is C11H10O2S. The molecular weight excluding hydrogens is 196 g/mol. The maximum Gasteiger partial charge on any atom is 0.367 e. The molecule has 0 spiro atoms. The Labute approximate surface area is 87.7 Å². The van der Waals surface area contributed by atoms with Crippen molar-refractivity contribution in [1.82, 2.24) is 0 Å². The van der Waals surface area contributed by atoms with Crippen LogP contribution in [0.3, 0.4) is 0 Å². The molecule has 0 aromatic heterocycles. The van der Waals surface area contributed by atoms with Crippen LogP contribution in [0.15, 0.2) is 30.3 Å². The molecule has 1 aromatic carbocycles. The highest BCUT2D eigenvalue weighted by atomic mass is 32.2. The van der Waals surface area contributed by atoms with E-state index < -0.39 is 0 Å². The van der Waals surface area contributed by atoms with Crippen molar-refractivity contribution in [1.29, 1.82) is 0 Å². The minimum Gasteiger partial charge on any atom is -0.444 e. The Balaban J connectivity index is 2.38. The van der Waals surface area contributed by atoms with Crippen molar-refractivity contribution in [3.05, 3.63) is 35.9 Å². The van der Waals surface area contributed by atoms with Gasteiger partial charge in [-0.2, -0.15) is 0 Å². The number of ether oxygens (including phenoxy) is 1. The first-order chi connectivity index (χ1) is 6.83. The Morgan fingerprint density at radius 3 is 2.79 bits per heavy atom. The first-order valence-electron chi connectivity index (χ1n) is 4.07. The molecule has 0 bridgehead atoms. The summed E-state index contributed by atoms with van der Waals surface area (Å²) in [5.41, 5.74) is 0.924. The lowest BCUT2D eigenvalue weighted by Crippen LogP contribution is -1.95. The lowest BCUT2D eigenvalue weighted by molar-refractivity contribution is 0.189. The van der Waals surface area contributed by atoms with Gasteiger partial charge in [0.15, 0.2) is 6.61 Å². The van der Waals surface area contributed by atoms with Crippen molar-refractivity contribution in [2.24, 2.45) is 0 Å². The summed E-state index contributed by atoms with van der Waals surface area (Å²) in [6.07, 6.45) is 1.67. The maximum atomic E-state index is 10.7. The number of rotatable bonds is 1. The Bertz CT molecular complexity index is 349. The van der Waals surface area contributed by atoms with Gasteiger partial charge in [0, 0.05) is 5.56 Å². The van der Waals surface area contributed by atoms with Crippen molar-refractivity contribution < 1.29 is 9.53 Å². The minimum absolute atomic E-state index is 0.147. The lowest BCUT2D eigenvalue weighted by Gasteiger charge is -1.93. The van der Waals surface area contributed by atoms with Gasteiger partial charge >= 0.3 is 5.30 Å². The zero-order valence-electron chi connectivity index (χ0n) is 7.82. The highest BCUT2D eigenvalue weighted by molar-refractivity contribution is 8.12. The van der Waals surface area contributed by atoms with Gasteiger partial charge in [0.25, 0.3) is 0 Å². The lowest BCUT2D eigenvalue weighted by atomic mass is 10.2. The van der Waals surface area contributed by atoms with Crippen molar-refractivity contribution in [2.75, 3.05) is 12.9 Å². The molecule has 0 aliphatic rings. The number of thioether (sulfide) groups is 1. The molecule has 0 saturated heterocycles. The molecule has 1 rings (SSSR count). The monoisotopic (exact) mass is 206 g/mol. The quantitative estimate of drug-likeness (QED) is 0.521. The van der Waals surface area contributed by atoms with E-state index in [2.05, 4.69) is 11.8 Å². The van der Waals surface area contributed by atoms with Gasteiger partial charge in [0.2, 0.25) is 0 Å². The smallest absolute Gasteiger partial charge is 0.367 e. The van der Waals surface area contributed by atoms with Crippen LogP contribution in [-0.4, -0.2) is 18.2 Å². The normalized spacial score (nSPS) is 8.64. The number of carbonyl (C=O) groups excluding carboxylic acids is 1. The van der Waals surface area contributed by atoms with E-state index in [0.29, 0.717) is 0 Å². The molecule has 0 fully saturated rings. The highest BCUT2D eigenvalue weighted by Crippen LogP contribution is 1.98. The van der Waals surface area contributed by atoms with E-state index in [4.69, 9.17) is 4.74 Å². The van der Waals surface area contributed by atoms with Crippen LogP contribution >= 0.6 is 11.8 Å². The maximum absolute atomic E-state index is 10.7. The van der Waals surface area contributed by atoms with E-state index in [1.807, 2.05) is 30.3 Å². The molecule has 0 atom stereocenters.